The first-order valence-corrected chi connectivity index (χ1v) is 22.3. The van der Waals surface area contributed by atoms with Crippen LogP contribution in [-0.4, -0.2) is 140 Å². The first kappa shape index (κ1) is 46.9. The van der Waals surface area contributed by atoms with Gasteiger partial charge in [-0.2, -0.15) is 0 Å². The number of carboxylic acid groups (broad SMARTS) is 1. The third-order valence-corrected chi connectivity index (χ3v) is 13.5. The van der Waals surface area contributed by atoms with Gasteiger partial charge in [-0.3, -0.25) is 24.1 Å². The van der Waals surface area contributed by atoms with Crippen LogP contribution in [0.5, 0.6) is 0 Å². The Balaban J connectivity index is 1.48. The van der Waals surface area contributed by atoms with Crippen LogP contribution in [0.2, 0.25) is 0 Å². The Morgan fingerprint density at radius 3 is 2.24 bits per heavy atom. The number of carbonyl (C=O) groups is 5. The summed E-state index contributed by atoms with van der Waals surface area (Å²) >= 11 is 0. The predicted octanol–water partition coefficient (Wildman–Crippen LogP) is 2.59. The molecule has 1 aromatic carbocycles. The van der Waals surface area contributed by atoms with Gasteiger partial charge in [-0.15, -0.1) is 0 Å². The molecule has 3 aliphatic rings. The van der Waals surface area contributed by atoms with E-state index in [0.717, 1.165) is 18.4 Å². The summed E-state index contributed by atoms with van der Waals surface area (Å²) in [5.74, 6) is -3.22. The zero-order valence-electron chi connectivity index (χ0n) is 35.3. The molecule has 0 aromatic heterocycles. The predicted molar refractivity (Wildman–Crippen MR) is 218 cm³/mol. The number of likely N-dealkylation sites (tertiary alicyclic amines) is 2. The van der Waals surface area contributed by atoms with E-state index >= 15 is 0 Å². The molecule has 5 amide bonds. The van der Waals surface area contributed by atoms with Gasteiger partial charge in [-0.25, -0.2) is 18.4 Å². The Hall–Kier alpha value is -3.80. The monoisotopic (exact) mass is 834 g/mol. The highest BCUT2D eigenvalue weighted by molar-refractivity contribution is 7.89. The van der Waals surface area contributed by atoms with Crippen LogP contribution in [0.1, 0.15) is 85.1 Å². The van der Waals surface area contributed by atoms with Crippen LogP contribution in [0, 0.1) is 23.7 Å². The molecule has 2 heterocycles. The molecule has 0 spiro atoms. The van der Waals surface area contributed by atoms with Crippen molar-refractivity contribution in [1.82, 2.24) is 25.3 Å². The maximum absolute atomic E-state index is 14.3. The van der Waals surface area contributed by atoms with E-state index in [4.69, 9.17) is 14.6 Å². The first-order chi connectivity index (χ1) is 27.3. The molecule has 2 saturated heterocycles. The fourth-order valence-corrected chi connectivity index (χ4v) is 10.3. The van der Waals surface area contributed by atoms with Gasteiger partial charge >= 0.3 is 6.09 Å². The number of ether oxygens (including phenoxy) is 2. The number of carbonyl (C=O) groups excluding carboxylic acids is 4. The number of hydrogen-bond donors (Lipinski definition) is 4. The first-order valence-electron chi connectivity index (χ1n) is 20.6. The van der Waals surface area contributed by atoms with Crippen LogP contribution in [-0.2, 0) is 45.1 Å². The van der Waals surface area contributed by atoms with Gasteiger partial charge in [0.25, 0.3) is 0 Å². The fourth-order valence-electron chi connectivity index (χ4n) is 9.54. The molecule has 2 bridgehead atoms. The number of fused-ring (bicyclic) bond motifs is 2. The summed E-state index contributed by atoms with van der Waals surface area (Å²) in [5.41, 5.74) is 0.836. The maximum Gasteiger partial charge on any atom is 0.408 e. The summed E-state index contributed by atoms with van der Waals surface area (Å²) in [6.45, 7) is 9.74. The average molecular weight is 835 g/mol. The van der Waals surface area contributed by atoms with Gasteiger partial charge in [-0.1, -0.05) is 71.4 Å². The van der Waals surface area contributed by atoms with Crippen molar-refractivity contribution in [3.05, 3.63) is 35.9 Å². The number of nitrogens with two attached hydrogens (primary N) is 1. The summed E-state index contributed by atoms with van der Waals surface area (Å²) in [7, 11) is 0.722. The van der Waals surface area contributed by atoms with E-state index in [1.165, 1.54) is 19.1 Å². The smallest absolute Gasteiger partial charge is 0.408 e. The second-order valence-electron chi connectivity index (χ2n) is 16.9. The molecule has 2 aliphatic heterocycles. The van der Waals surface area contributed by atoms with Gasteiger partial charge < -0.3 is 35.0 Å². The number of rotatable bonds is 20. The van der Waals surface area contributed by atoms with Gasteiger partial charge in [0.2, 0.25) is 33.7 Å². The number of benzene rings is 1. The zero-order chi connectivity index (χ0) is 43.1. The molecule has 0 radical (unpaired) electrons. The molecule has 1 aliphatic carbocycles. The summed E-state index contributed by atoms with van der Waals surface area (Å²) < 4.78 is 36.1. The number of nitrogens with zero attached hydrogens (tertiary/aromatic N) is 3. The minimum atomic E-state index is -3.92. The second-order valence-corrected chi connectivity index (χ2v) is 18.6. The molecular weight excluding hydrogens is 769 g/mol. The molecule has 0 unspecified atom stereocenters. The molecular formula is C41H66N6O10S. The number of piperidine rings is 1. The summed E-state index contributed by atoms with van der Waals surface area (Å²) in [6.07, 6.45) is 1.65. The number of nitrogens with one attached hydrogen (secondary N) is 2. The Labute approximate surface area is 343 Å². The van der Waals surface area contributed by atoms with E-state index in [2.05, 4.69) is 10.6 Å². The minimum Gasteiger partial charge on any atom is -0.465 e. The Morgan fingerprint density at radius 2 is 1.67 bits per heavy atom. The van der Waals surface area contributed by atoms with E-state index in [1.54, 1.807) is 23.8 Å². The molecule has 1 saturated carbocycles. The molecule has 11 atom stereocenters. The number of hydrogen-bond acceptors (Lipinski definition) is 9. The third kappa shape index (κ3) is 11.3. The van der Waals surface area contributed by atoms with Crippen molar-refractivity contribution in [2.75, 3.05) is 33.6 Å². The second kappa shape index (κ2) is 20.4. The zero-order valence-corrected chi connectivity index (χ0v) is 36.2. The van der Waals surface area contributed by atoms with Crippen molar-refractivity contribution in [1.29, 1.82) is 0 Å². The van der Waals surface area contributed by atoms with Crippen LogP contribution < -0.4 is 15.8 Å². The standard InChI is InChI=1S/C41H66N6O10S/c1-9-25(4)35(45(6)40(51)34(24(2)3)44-39(50)36-28-17-18-30(21-28)47(36)41(52)53)32(56-7)22-33(48)46-19-13-16-31(46)37(57-8)26(5)38(49)43-29(23-58(42,54)55)20-27-14-11-10-12-15-27/h10-12,14-15,24-26,28-32,34-37H,9,13,16-23H2,1-8H3,(H,43,49)(H,44,50)(H,52,53)(H2,42,54,55)/t25-,26+,28-,29-,30+,31-,32+,34-,35-,36-,37+/m0/s1. The molecule has 1 aromatic rings. The number of primary sulfonamides is 1. The summed E-state index contributed by atoms with van der Waals surface area (Å²) in [6, 6.07) is 5.40. The highest BCUT2D eigenvalue weighted by atomic mass is 32.2. The normalized spacial score (nSPS) is 24.1. The van der Waals surface area contributed by atoms with Crippen molar-refractivity contribution < 1.29 is 47.0 Å². The van der Waals surface area contributed by atoms with E-state index < -0.39 is 82.0 Å². The quantitative estimate of drug-likeness (QED) is 0.151. The van der Waals surface area contributed by atoms with Gasteiger partial charge in [-0.05, 0) is 61.8 Å². The maximum atomic E-state index is 14.3. The Bertz CT molecular complexity index is 1700. The van der Waals surface area contributed by atoms with Gasteiger partial charge in [0.05, 0.1) is 42.4 Å². The van der Waals surface area contributed by atoms with Crippen molar-refractivity contribution in [3.63, 3.8) is 0 Å². The van der Waals surface area contributed by atoms with Crippen molar-refractivity contribution in [3.8, 4) is 0 Å². The van der Waals surface area contributed by atoms with Gasteiger partial charge in [0.15, 0.2) is 0 Å². The van der Waals surface area contributed by atoms with Crippen LogP contribution in [0.3, 0.4) is 0 Å². The number of methoxy groups -OCH3 is 2. The average Bonchev–Trinajstić information content (AvgIpc) is 3.93. The third-order valence-electron chi connectivity index (χ3n) is 12.7. The lowest BCUT2D eigenvalue weighted by molar-refractivity contribution is -0.148. The summed E-state index contributed by atoms with van der Waals surface area (Å²) in [4.78, 5) is 72.6. The van der Waals surface area contributed by atoms with Crippen LogP contribution in [0.15, 0.2) is 30.3 Å². The van der Waals surface area contributed by atoms with Crippen LogP contribution >= 0.6 is 0 Å². The largest absolute Gasteiger partial charge is 0.465 e. The fraction of sp³-hybridized carbons (Fsp3) is 0.732. The lowest BCUT2D eigenvalue weighted by Gasteiger charge is -2.41. The summed E-state index contributed by atoms with van der Waals surface area (Å²) in [5, 5.41) is 21.1. The molecule has 5 N–H and O–H groups in total. The van der Waals surface area contributed by atoms with Crippen molar-refractivity contribution in [2.24, 2.45) is 28.8 Å². The van der Waals surface area contributed by atoms with E-state index in [0.29, 0.717) is 32.2 Å². The van der Waals surface area contributed by atoms with Crippen LogP contribution in [0.25, 0.3) is 0 Å². The van der Waals surface area contributed by atoms with E-state index in [-0.39, 0.29) is 48.5 Å². The van der Waals surface area contributed by atoms with Gasteiger partial charge in [0, 0.05) is 39.9 Å². The molecule has 17 heteroatoms. The lowest BCUT2D eigenvalue weighted by atomic mass is 9.89. The molecule has 16 nitrogen and oxygen atoms in total. The van der Waals surface area contributed by atoms with Gasteiger partial charge in [0.1, 0.15) is 12.1 Å². The number of amides is 5. The highest BCUT2D eigenvalue weighted by Gasteiger charge is 2.52. The van der Waals surface area contributed by atoms with Crippen molar-refractivity contribution in [2.45, 2.75) is 134 Å². The molecule has 58 heavy (non-hydrogen) atoms. The van der Waals surface area contributed by atoms with Crippen molar-refractivity contribution >= 4 is 39.7 Å². The molecule has 3 fully saturated rings. The highest BCUT2D eigenvalue weighted by Crippen LogP contribution is 2.42. The molecule has 326 valence electrons. The SMILES string of the molecule is CC[C@H](C)[C@@H]([C@@H](CC(=O)N1CCC[C@H]1[C@H](OC)[C@@H](C)C(=O)N[C@@H](Cc1ccccc1)CS(N)(=O)=O)OC)N(C)C(=O)[C@@H](NC(=O)[C@@H]1[C@H]2CC[C@H](C2)N1C(=O)O)C(C)C. The Morgan fingerprint density at radius 1 is 1.00 bits per heavy atom. The van der Waals surface area contributed by atoms with E-state index in [9.17, 15) is 37.5 Å². The number of likely N-dealkylation sites (N-methyl/N-ethyl adjacent to an activating group) is 1. The van der Waals surface area contributed by atoms with Crippen LogP contribution in [0.4, 0.5) is 4.79 Å². The Kier molecular flexibility index (Phi) is 16.5. The number of sulfonamides is 1. The lowest BCUT2D eigenvalue weighted by Crippen LogP contribution is -2.60. The minimum absolute atomic E-state index is 0.0679. The van der Waals surface area contributed by atoms with E-state index in [1.807, 2.05) is 58.0 Å². The topological polar surface area (TPSA) is 218 Å². The molecule has 4 rings (SSSR count).